The summed E-state index contributed by atoms with van der Waals surface area (Å²) in [7, 11) is 0. The molecule has 1 spiro atoms. The van der Waals surface area contributed by atoms with Gasteiger partial charge in [0.1, 0.15) is 0 Å². The van der Waals surface area contributed by atoms with Gasteiger partial charge in [0.2, 0.25) is 5.91 Å². The van der Waals surface area contributed by atoms with E-state index < -0.39 is 0 Å². The van der Waals surface area contributed by atoms with Crippen molar-refractivity contribution >= 4 is 39.1 Å². The number of carbonyl (C=O) groups excluding carboxylic acids is 2. The van der Waals surface area contributed by atoms with Crippen molar-refractivity contribution in [2.24, 2.45) is 22.7 Å². The van der Waals surface area contributed by atoms with E-state index >= 15 is 0 Å². The Morgan fingerprint density at radius 1 is 1.24 bits per heavy atom. The maximum Gasteiger partial charge on any atom is 0.311 e. The van der Waals surface area contributed by atoms with Crippen molar-refractivity contribution in [2.45, 2.75) is 27.2 Å². The Balaban J connectivity index is 1.39. The number of esters is 1. The van der Waals surface area contributed by atoms with Gasteiger partial charge in [0.05, 0.1) is 33.9 Å². The van der Waals surface area contributed by atoms with Crippen LogP contribution in [0, 0.1) is 22.7 Å². The van der Waals surface area contributed by atoms with Crippen LogP contribution in [0.1, 0.15) is 27.2 Å². The van der Waals surface area contributed by atoms with Crippen molar-refractivity contribution in [3.63, 3.8) is 0 Å². The third-order valence-electron chi connectivity index (χ3n) is 7.03. The lowest BCUT2D eigenvalue weighted by Crippen LogP contribution is -2.63. The van der Waals surface area contributed by atoms with Gasteiger partial charge in [-0.3, -0.25) is 9.59 Å². The van der Waals surface area contributed by atoms with Crippen LogP contribution in [0.4, 0.5) is 5.69 Å². The summed E-state index contributed by atoms with van der Waals surface area (Å²) in [5.41, 5.74) is 3.90. The molecule has 1 amide bonds. The lowest BCUT2D eigenvalue weighted by molar-refractivity contribution is -0.162. The van der Waals surface area contributed by atoms with E-state index in [4.69, 9.17) is 4.74 Å². The standard InChI is InChI=1S/C22H27N3O3S/c1-4-28-20(27)15-9-24(17-7-5-6-16-18(17)29-13-23-16)10-22(15)11-25(12-22)19(26)14-8-21(14,2)3/h5-7,13-15H,4,8-12H2,1-3H3/t14-,15?/m1/s1. The number of rotatable bonds is 4. The van der Waals surface area contributed by atoms with Gasteiger partial charge in [-0.15, -0.1) is 11.3 Å². The van der Waals surface area contributed by atoms with E-state index in [0.29, 0.717) is 26.2 Å². The zero-order chi connectivity index (χ0) is 20.4. The van der Waals surface area contributed by atoms with Crippen molar-refractivity contribution in [3.8, 4) is 0 Å². The molecule has 2 atom stereocenters. The second-order valence-corrected chi connectivity index (χ2v) is 10.3. The van der Waals surface area contributed by atoms with Crippen LogP contribution in [0.3, 0.4) is 0 Å². The first-order chi connectivity index (χ1) is 13.8. The van der Waals surface area contributed by atoms with Crippen LogP contribution in [0.5, 0.6) is 0 Å². The topological polar surface area (TPSA) is 62.7 Å². The maximum absolute atomic E-state index is 12.8. The molecule has 3 aliphatic rings. The SMILES string of the molecule is CCOC(=O)C1CN(c2cccc3ncsc23)CC12CN(C(=O)[C@H]1CC1(C)C)C2. The van der Waals surface area contributed by atoms with Crippen LogP contribution < -0.4 is 4.90 Å². The van der Waals surface area contributed by atoms with Gasteiger partial charge in [0, 0.05) is 37.5 Å². The molecule has 2 saturated heterocycles. The Morgan fingerprint density at radius 3 is 2.69 bits per heavy atom. The number of aromatic nitrogens is 1. The number of likely N-dealkylation sites (tertiary alicyclic amines) is 1. The highest BCUT2D eigenvalue weighted by atomic mass is 32.1. The van der Waals surface area contributed by atoms with Gasteiger partial charge in [0.15, 0.2) is 0 Å². The zero-order valence-corrected chi connectivity index (χ0v) is 18.0. The first-order valence-corrected chi connectivity index (χ1v) is 11.3. The number of anilines is 1. The average Bonchev–Trinajstić information content (AvgIpc) is 3.05. The molecule has 0 radical (unpaired) electrons. The minimum Gasteiger partial charge on any atom is -0.466 e. The van der Waals surface area contributed by atoms with Gasteiger partial charge in [-0.25, -0.2) is 4.98 Å². The van der Waals surface area contributed by atoms with Gasteiger partial charge in [-0.05, 0) is 30.9 Å². The fraction of sp³-hybridized carbons (Fsp3) is 0.591. The van der Waals surface area contributed by atoms with Crippen molar-refractivity contribution in [1.82, 2.24) is 9.88 Å². The molecule has 1 aromatic heterocycles. The highest BCUT2D eigenvalue weighted by molar-refractivity contribution is 7.17. The molecule has 0 bridgehead atoms. The molecule has 1 unspecified atom stereocenters. The summed E-state index contributed by atoms with van der Waals surface area (Å²) in [4.78, 5) is 34.3. The van der Waals surface area contributed by atoms with Crippen LogP contribution in [-0.4, -0.2) is 54.5 Å². The Kier molecular flexibility index (Phi) is 4.18. The number of amides is 1. The molecule has 6 nitrogen and oxygen atoms in total. The summed E-state index contributed by atoms with van der Waals surface area (Å²) in [5, 5.41) is 0. The Hall–Kier alpha value is -2.15. The lowest BCUT2D eigenvalue weighted by atomic mass is 9.71. The monoisotopic (exact) mass is 413 g/mol. The molecule has 2 aliphatic heterocycles. The molecule has 154 valence electrons. The van der Waals surface area contributed by atoms with E-state index in [1.54, 1.807) is 11.3 Å². The maximum atomic E-state index is 12.8. The summed E-state index contributed by atoms with van der Waals surface area (Å²) in [6, 6.07) is 6.15. The zero-order valence-electron chi connectivity index (χ0n) is 17.2. The third-order valence-corrected chi connectivity index (χ3v) is 7.90. The largest absolute Gasteiger partial charge is 0.466 e. The Morgan fingerprint density at radius 2 is 2.00 bits per heavy atom. The van der Waals surface area contributed by atoms with E-state index in [9.17, 15) is 9.59 Å². The van der Waals surface area contributed by atoms with E-state index in [2.05, 4.69) is 29.8 Å². The van der Waals surface area contributed by atoms with Crippen LogP contribution >= 0.6 is 11.3 Å². The second-order valence-electron chi connectivity index (χ2n) is 9.46. The smallest absolute Gasteiger partial charge is 0.311 e. The van der Waals surface area contributed by atoms with E-state index in [1.807, 2.05) is 29.5 Å². The van der Waals surface area contributed by atoms with Crippen molar-refractivity contribution in [3.05, 3.63) is 23.7 Å². The normalized spacial score (nSPS) is 26.6. The molecule has 1 aliphatic carbocycles. The number of nitrogens with zero attached hydrogens (tertiary/aromatic N) is 3. The fourth-order valence-corrected chi connectivity index (χ4v) is 5.97. The summed E-state index contributed by atoms with van der Waals surface area (Å²) in [6.45, 7) is 9.24. The summed E-state index contributed by atoms with van der Waals surface area (Å²) in [6.07, 6.45) is 0.968. The quantitative estimate of drug-likeness (QED) is 0.721. The number of thiazole rings is 1. The van der Waals surface area contributed by atoms with Gasteiger partial charge >= 0.3 is 5.97 Å². The van der Waals surface area contributed by atoms with Crippen LogP contribution in [0.25, 0.3) is 10.2 Å². The molecular formula is C22H27N3O3S. The fourth-order valence-electron chi connectivity index (χ4n) is 5.14. The minimum atomic E-state index is -0.214. The molecule has 2 aromatic rings. The average molecular weight is 414 g/mol. The summed E-state index contributed by atoms with van der Waals surface area (Å²) < 4.78 is 6.58. The van der Waals surface area contributed by atoms with E-state index in [0.717, 1.165) is 28.9 Å². The molecule has 3 fully saturated rings. The van der Waals surface area contributed by atoms with Crippen molar-refractivity contribution < 1.29 is 14.3 Å². The summed E-state index contributed by atoms with van der Waals surface area (Å²) >= 11 is 1.63. The predicted molar refractivity (Wildman–Crippen MR) is 113 cm³/mol. The molecule has 1 aromatic carbocycles. The highest BCUT2D eigenvalue weighted by Gasteiger charge is 2.61. The highest BCUT2D eigenvalue weighted by Crippen LogP contribution is 2.55. The molecular weight excluding hydrogens is 386 g/mol. The number of hydrogen-bond acceptors (Lipinski definition) is 6. The minimum absolute atomic E-state index is 0.129. The van der Waals surface area contributed by atoms with Crippen LogP contribution in [0.15, 0.2) is 23.7 Å². The first-order valence-electron chi connectivity index (χ1n) is 10.4. The Bertz CT molecular complexity index is 979. The second kappa shape index (κ2) is 6.42. The number of benzene rings is 1. The molecule has 5 rings (SSSR count). The van der Waals surface area contributed by atoms with Crippen molar-refractivity contribution in [1.29, 1.82) is 0 Å². The van der Waals surface area contributed by atoms with Crippen LogP contribution in [0.2, 0.25) is 0 Å². The number of hydrogen-bond donors (Lipinski definition) is 0. The number of ether oxygens (including phenoxy) is 1. The van der Waals surface area contributed by atoms with E-state index in [-0.39, 0.29) is 34.5 Å². The van der Waals surface area contributed by atoms with Gasteiger partial charge < -0.3 is 14.5 Å². The van der Waals surface area contributed by atoms with Crippen LogP contribution in [-0.2, 0) is 14.3 Å². The molecule has 3 heterocycles. The van der Waals surface area contributed by atoms with Gasteiger partial charge in [-0.1, -0.05) is 19.9 Å². The third kappa shape index (κ3) is 2.93. The molecule has 1 saturated carbocycles. The van der Waals surface area contributed by atoms with Gasteiger partial charge in [0.25, 0.3) is 0 Å². The summed E-state index contributed by atoms with van der Waals surface area (Å²) in [5.74, 6) is 0.0582. The lowest BCUT2D eigenvalue weighted by Gasteiger charge is -2.50. The number of fused-ring (bicyclic) bond motifs is 1. The number of carbonyl (C=O) groups is 2. The molecule has 0 N–H and O–H groups in total. The van der Waals surface area contributed by atoms with Gasteiger partial charge in [-0.2, -0.15) is 0 Å². The van der Waals surface area contributed by atoms with E-state index in [1.165, 1.54) is 0 Å². The first kappa shape index (κ1) is 18.9. The van der Waals surface area contributed by atoms with Crippen molar-refractivity contribution in [2.75, 3.05) is 37.7 Å². The Labute approximate surface area is 174 Å². The molecule has 7 heteroatoms. The molecule has 29 heavy (non-hydrogen) atoms. The predicted octanol–water partition coefficient (Wildman–Crippen LogP) is 3.17.